The first kappa shape index (κ1) is 22.2. The van der Waals surface area contributed by atoms with Gasteiger partial charge in [0.1, 0.15) is 5.75 Å². The molecule has 2 aromatic carbocycles. The Balaban J connectivity index is 1.40. The van der Waals surface area contributed by atoms with Crippen LogP contribution < -0.4 is 5.32 Å². The van der Waals surface area contributed by atoms with E-state index in [2.05, 4.69) is 20.8 Å². The van der Waals surface area contributed by atoms with Crippen LogP contribution in [0.2, 0.25) is 0 Å². The van der Waals surface area contributed by atoms with Crippen LogP contribution in [0.3, 0.4) is 0 Å². The van der Waals surface area contributed by atoms with Gasteiger partial charge in [-0.1, -0.05) is 11.8 Å². The zero-order valence-electron chi connectivity index (χ0n) is 17.2. The number of sulfonamides is 1. The summed E-state index contributed by atoms with van der Waals surface area (Å²) in [7, 11) is -3.49. The van der Waals surface area contributed by atoms with Gasteiger partial charge in [-0.05, 0) is 78.7 Å². The quantitative estimate of drug-likeness (QED) is 0.499. The van der Waals surface area contributed by atoms with Gasteiger partial charge in [-0.15, -0.1) is 5.10 Å². The summed E-state index contributed by atoms with van der Waals surface area (Å²) in [5, 5.41) is 23.7. The zero-order chi connectivity index (χ0) is 22.7. The molecular formula is C20H22N6O4S2. The molecule has 0 unspecified atom stereocenters. The van der Waals surface area contributed by atoms with Crippen LogP contribution >= 0.6 is 11.8 Å². The van der Waals surface area contributed by atoms with Crippen molar-refractivity contribution in [1.29, 1.82) is 0 Å². The lowest BCUT2D eigenvalue weighted by atomic mass is 10.3. The van der Waals surface area contributed by atoms with Crippen molar-refractivity contribution in [3.8, 4) is 11.4 Å². The van der Waals surface area contributed by atoms with Crippen LogP contribution in [0.4, 0.5) is 5.69 Å². The molecule has 32 heavy (non-hydrogen) atoms. The first-order chi connectivity index (χ1) is 15.3. The minimum Gasteiger partial charge on any atom is -0.508 e. The second-order valence-electron chi connectivity index (χ2n) is 7.27. The molecule has 4 rings (SSSR count). The summed E-state index contributed by atoms with van der Waals surface area (Å²) in [6.45, 7) is 2.81. The fourth-order valence-corrected chi connectivity index (χ4v) is 5.58. The lowest BCUT2D eigenvalue weighted by Crippen LogP contribution is -2.27. The van der Waals surface area contributed by atoms with Gasteiger partial charge in [-0.3, -0.25) is 4.79 Å². The summed E-state index contributed by atoms with van der Waals surface area (Å²) >= 11 is 1.18. The molecule has 0 radical (unpaired) electrons. The van der Waals surface area contributed by atoms with E-state index < -0.39 is 15.3 Å². The van der Waals surface area contributed by atoms with E-state index >= 15 is 0 Å². The lowest BCUT2D eigenvalue weighted by Gasteiger charge is -2.16. The molecule has 1 saturated heterocycles. The molecule has 0 spiro atoms. The third-order valence-electron chi connectivity index (χ3n) is 5.01. The van der Waals surface area contributed by atoms with Crippen molar-refractivity contribution in [1.82, 2.24) is 24.5 Å². The Morgan fingerprint density at radius 3 is 2.41 bits per heavy atom. The number of rotatable bonds is 7. The van der Waals surface area contributed by atoms with E-state index in [9.17, 15) is 18.3 Å². The monoisotopic (exact) mass is 474 g/mol. The van der Waals surface area contributed by atoms with E-state index in [1.807, 2.05) is 0 Å². The standard InChI is InChI=1S/C20H22N6O4S2/c1-14(31-20-22-23-24-26(20)16-6-8-17(27)9-7-16)19(28)21-15-4-10-18(11-5-15)32(29,30)25-12-2-3-13-25/h4-11,14,27H,2-3,12-13H2,1H3,(H,21,28)/t14-/m1/s1. The molecule has 1 aromatic heterocycles. The molecule has 10 nitrogen and oxygen atoms in total. The number of phenolic OH excluding ortho intramolecular Hbond substituents is 1. The minimum atomic E-state index is -3.49. The summed E-state index contributed by atoms with van der Waals surface area (Å²) in [5.41, 5.74) is 1.15. The Hall–Kier alpha value is -2.96. The number of benzene rings is 2. The maximum Gasteiger partial charge on any atom is 0.243 e. The Labute approximate surface area is 189 Å². The molecule has 1 atom stereocenters. The lowest BCUT2D eigenvalue weighted by molar-refractivity contribution is -0.115. The maximum absolute atomic E-state index is 12.7. The van der Waals surface area contributed by atoms with Crippen LogP contribution in [0.25, 0.3) is 5.69 Å². The average Bonchev–Trinajstić information content (AvgIpc) is 3.47. The van der Waals surface area contributed by atoms with Crippen molar-refractivity contribution in [2.45, 2.75) is 35.1 Å². The number of phenols is 1. The number of tetrazole rings is 1. The second-order valence-corrected chi connectivity index (χ2v) is 10.5. The first-order valence-electron chi connectivity index (χ1n) is 10.00. The van der Waals surface area contributed by atoms with E-state index in [1.54, 1.807) is 31.2 Å². The first-order valence-corrected chi connectivity index (χ1v) is 12.3. The highest BCUT2D eigenvalue weighted by atomic mass is 32.2. The summed E-state index contributed by atoms with van der Waals surface area (Å²) in [5.74, 6) is -0.145. The number of anilines is 1. The topological polar surface area (TPSA) is 130 Å². The SMILES string of the molecule is C[C@@H](Sc1nnnn1-c1ccc(O)cc1)C(=O)Nc1ccc(S(=O)(=O)N2CCCC2)cc1. The van der Waals surface area contributed by atoms with Crippen LogP contribution in [0.15, 0.2) is 58.6 Å². The zero-order valence-corrected chi connectivity index (χ0v) is 18.9. The Kier molecular flexibility index (Phi) is 6.44. The van der Waals surface area contributed by atoms with Crippen LogP contribution in [0.5, 0.6) is 5.75 Å². The summed E-state index contributed by atoms with van der Waals surface area (Å²) in [6.07, 6.45) is 1.75. The summed E-state index contributed by atoms with van der Waals surface area (Å²) in [4.78, 5) is 12.9. The highest BCUT2D eigenvalue weighted by molar-refractivity contribution is 8.00. The fourth-order valence-electron chi connectivity index (χ4n) is 3.25. The van der Waals surface area contributed by atoms with Gasteiger partial charge < -0.3 is 10.4 Å². The molecule has 3 aromatic rings. The molecule has 168 valence electrons. The molecule has 1 aliphatic heterocycles. The Morgan fingerprint density at radius 1 is 1.09 bits per heavy atom. The number of carbonyl (C=O) groups excluding carboxylic acids is 1. The van der Waals surface area contributed by atoms with Gasteiger partial charge in [-0.25, -0.2) is 8.42 Å². The third-order valence-corrected chi connectivity index (χ3v) is 7.96. The molecular weight excluding hydrogens is 452 g/mol. The molecule has 1 aliphatic rings. The number of hydrogen-bond acceptors (Lipinski definition) is 8. The number of aromatic nitrogens is 4. The number of carbonyl (C=O) groups is 1. The highest BCUT2D eigenvalue weighted by Gasteiger charge is 2.27. The van der Waals surface area contributed by atoms with Crippen molar-refractivity contribution in [3.63, 3.8) is 0 Å². The summed E-state index contributed by atoms with van der Waals surface area (Å²) < 4.78 is 28.2. The van der Waals surface area contributed by atoms with Gasteiger partial charge in [0.25, 0.3) is 0 Å². The predicted molar refractivity (Wildman–Crippen MR) is 119 cm³/mol. The molecule has 2 heterocycles. The number of aromatic hydroxyl groups is 1. The maximum atomic E-state index is 12.7. The van der Waals surface area contributed by atoms with Crippen molar-refractivity contribution >= 4 is 33.4 Å². The molecule has 0 aliphatic carbocycles. The Bertz CT molecular complexity index is 1190. The molecule has 2 N–H and O–H groups in total. The van der Waals surface area contributed by atoms with Gasteiger partial charge in [0.15, 0.2) is 0 Å². The van der Waals surface area contributed by atoms with Crippen molar-refractivity contribution < 1.29 is 18.3 Å². The number of nitrogens with one attached hydrogen (secondary N) is 1. The normalized spacial score (nSPS) is 15.5. The van der Waals surface area contributed by atoms with Crippen LogP contribution in [-0.4, -0.2) is 62.3 Å². The van der Waals surface area contributed by atoms with Crippen molar-refractivity contribution in [3.05, 3.63) is 48.5 Å². The molecule has 1 amide bonds. The fraction of sp³-hybridized carbons (Fsp3) is 0.300. The largest absolute Gasteiger partial charge is 0.508 e. The number of hydrogen-bond donors (Lipinski definition) is 2. The Morgan fingerprint density at radius 2 is 1.75 bits per heavy atom. The van der Waals surface area contributed by atoms with Gasteiger partial charge in [0, 0.05) is 18.8 Å². The van der Waals surface area contributed by atoms with E-state index in [4.69, 9.17) is 0 Å². The second kappa shape index (κ2) is 9.27. The number of amides is 1. The predicted octanol–water partition coefficient (Wildman–Crippen LogP) is 2.27. The van der Waals surface area contributed by atoms with Crippen LogP contribution in [-0.2, 0) is 14.8 Å². The van der Waals surface area contributed by atoms with Crippen LogP contribution in [0, 0.1) is 0 Å². The van der Waals surface area contributed by atoms with E-state index in [0.717, 1.165) is 12.8 Å². The van der Waals surface area contributed by atoms with Crippen LogP contribution in [0.1, 0.15) is 19.8 Å². The molecule has 0 saturated carbocycles. The van der Waals surface area contributed by atoms with E-state index in [0.29, 0.717) is 29.6 Å². The summed E-state index contributed by atoms with van der Waals surface area (Å²) in [6, 6.07) is 12.6. The van der Waals surface area contributed by atoms with Gasteiger partial charge in [0.05, 0.1) is 15.8 Å². The molecule has 0 bridgehead atoms. The minimum absolute atomic E-state index is 0.128. The number of thioether (sulfide) groups is 1. The van der Waals surface area contributed by atoms with Gasteiger partial charge in [0.2, 0.25) is 21.1 Å². The van der Waals surface area contributed by atoms with Gasteiger partial charge >= 0.3 is 0 Å². The van der Waals surface area contributed by atoms with E-state index in [-0.39, 0.29) is 16.6 Å². The van der Waals surface area contributed by atoms with E-state index in [1.165, 1.54) is 45.0 Å². The number of nitrogens with zero attached hydrogens (tertiary/aromatic N) is 5. The highest BCUT2D eigenvalue weighted by Crippen LogP contribution is 2.26. The van der Waals surface area contributed by atoms with Crippen molar-refractivity contribution in [2.75, 3.05) is 18.4 Å². The van der Waals surface area contributed by atoms with Gasteiger partial charge in [-0.2, -0.15) is 8.99 Å². The molecule has 12 heteroatoms. The smallest absolute Gasteiger partial charge is 0.243 e. The van der Waals surface area contributed by atoms with Crippen molar-refractivity contribution in [2.24, 2.45) is 0 Å². The third kappa shape index (κ3) is 4.76. The average molecular weight is 475 g/mol. The molecule has 1 fully saturated rings.